The van der Waals surface area contributed by atoms with Crippen molar-refractivity contribution in [2.24, 2.45) is 18.9 Å². The van der Waals surface area contributed by atoms with Gasteiger partial charge >= 0.3 is 0 Å². The number of benzene rings is 1. The average molecular weight is 371 g/mol. The Kier molecular flexibility index (Phi) is 4.44. The smallest absolute Gasteiger partial charge is 0.229 e. The van der Waals surface area contributed by atoms with Gasteiger partial charge < -0.3 is 10.2 Å². The first kappa shape index (κ1) is 17.1. The molecule has 3 heterocycles. The van der Waals surface area contributed by atoms with Crippen molar-refractivity contribution < 1.29 is 0 Å². The Bertz CT molecular complexity index is 910. The molecule has 0 spiro atoms. The summed E-state index contributed by atoms with van der Waals surface area (Å²) in [7, 11) is 1.91. The van der Waals surface area contributed by atoms with Crippen LogP contribution in [0, 0.1) is 11.8 Å². The molecular formula is C19H23ClN6. The molecular weight excluding hydrogens is 348 g/mol. The molecule has 3 aromatic rings. The molecule has 0 unspecified atom stereocenters. The van der Waals surface area contributed by atoms with Crippen molar-refractivity contribution >= 4 is 40.1 Å². The van der Waals surface area contributed by atoms with Crippen molar-refractivity contribution in [3.63, 3.8) is 0 Å². The zero-order valence-corrected chi connectivity index (χ0v) is 16.0. The molecule has 0 bridgehead atoms. The van der Waals surface area contributed by atoms with Crippen molar-refractivity contribution in [1.29, 1.82) is 0 Å². The standard InChI is InChI=1S/C19H23ClN6/c1-12-8-13(2)11-26(10-12)19-23-17(16-9-21-25(3)18(16)24-19)22-15-6-4-14(20)5-7-15/h4-7,9,12-13H,8,10-11H2,1-3H3,(H,22,23,24)/t12-,13-/m1/s1. The molecule has 1 aromatic carbocycles. The van der Waals surface area contributed by atoms with Crippen LogP contribution in [0.5, 0.6) is 0 Å². The van der Waals surface area contributed by atoms with Gasteiger partial charge in [-0.25, -0.2) is 0 Å². The molecule has 2 atom stereocenters. The minimum absolute atomic E-state index is 0.636. The van der Waals surface area contributed by atoms with Crippen LogP contribution in [-0.4, -0.2) is 32.8 Å². The third-order valence-electron chi connectivity index (χ3n) is 4.84. The highest BCUT2D eigenvalue weighted by molar-refractivity contribution is 6.30. The lowest BCUT2D eigenvalue weighted by Gasteiger charge is -2.35. The fourth-order valence-electron chi connectivity index (χ4n) is 3.74. The fourth-order valence-corrected chi connectivity index (χ4v) is 3.87. The van der Waals surface area contributed by atoms with Gasteiger partial charge in [0.2, 0.25) is 5.95 Å². The monoisotopic (exact) mass is 370 g/mol. The molecule has 0 saturated carbocycles. The number of fused-ring (bicyclic) bond motifs is 1. The van der Waals surface area contributed by atoms with Crippen LogP contribution in [0.2, 0.25) is 5.02 Å². The van der Waals surface area contributed by atoms with Gasteiger partial charge in [0, 0.05) is 30.8 Å². The van der Waals surface area contributed by atoms with Crippen molar-refractivity contribution in [2.45, 2.75) is 20.3 Å². The van der Waals surface area contributed by atoms with E-state index in [2.05, 4.69) is 29.2 Å². The molecule has 1 fully saturated rings. The minimum atomic E-state index is 0.636. The number of aromatic nitrogens is 4. The predicted octanol–water partition coefficient (Wildman–Crippen LogP) is 4.24. The summed E-state index contributed by atoms with van der Waals surface area (Å²) in [5, 5.41) is 9.38. The molecule has 2 aromatic heterocycles. The van der Waals surface area contributed by atoms with E-state index in [0.717, 1.165) is 41.6 Å². The number of hydrogen-bond acceptors (Lipinski definition) is 5. The molecule has 136 valence electrons. The lowest BCUT2D eigenvalue weighted by atomic mass is 9.92. The summed E-state index contributed by atoms with van der Waals surface area (Å²) in [5.74, 6) is 2.80. The van der Waals surface area contributed by atoms with Crippen molar-refractivity contribution in [1.82, 2.24) is 19.7 Å². The maximum absolute atomic E-state index is 5.99. The third-order valence-corrected chi connectivity index (χ3v) is 5.09. The molecule has 0 radical (unpaired) electrons. The van der Waals surface area contributed by atoms with Gasteiger partial charge in [-0.2, -0.15) is 15.1 Å². The number of anilines is 3. The molecule has 6 nitrogen and oxygen atoms in total. The van der Waals surface area contributed by atoms with E-state index in [1.807, 2.05) is 31.3 Å². The molecule has 1 N–H and O–H groups in total. The number of rotatable bonds is 3. The van der Waals surface area contributed by atoms with E-state index in [1.54, 1.807) is 10.9 Å². The number of aryl methyl sites for hydroxylation is 1. The summed E-state index contributed by atoms with van der Waals surface area (Å²) in [6, 6.07) is 7.61. The summed E-state index contributed by atoms with van der Waals surface area (Å²) >= 11 is 5.99. The molecule has 26 heavy (non-hydrogen) atoms. The second-order valence-corrected chi connectivity index (χ2v) is 7.80. The Morgan fingerprint density at radius 2 is 1.77 bits per heavy atom. The first-order valence-corrected chi connectivity index (χ1v) is 9.34. The van der Waals surface area contributed by atoms with Gasteiger partial charge in [0.1, 0.15) is 5.82 Å². The van der Waals surface area contributed by atoms with Crippen molar-refractivity contribution in [2.75, 3.05) is 23.3 Å². The lowest BCUT2D eigenvalue weighted by Crippen LogP contribution is -2.39. The second kappa shape index (κ2) is 6.76. The quantitative estimate of drug-likeness (QED) is 0.747. The van der Waals surface area contributed by atoms with E-state index in [1.165, 1.54) is 6.42 Å². The summed E-state index contributed by atoms with van der Waals surface area (Å²) in [4.78, 5) is 11.9. The molecule has 7 heteroatoms. The van der Waals surface area contributed by atoms with Crippen molar-refractivity contribution in [3.05, 3.63) is 35.5 Å². The highest BCUT2D eigenvalue weighted by Gasteiger charge is 2.25. The summed E-state index contributed by atoms with van der Waals surface area (Å²) < 4.78 is 1.80. The van der Waals surface area contributed by atoms with Crippen LogP contribution < -0.4 is 10.2 Å². The number of hydrogen-bond donors (Lipinski definition) is 1. The van der Waals surface area contributed by atoms with Crippen LogP contribution in [0.15, 0.2) is 30.5 Å². The van der Waals surface area contributed by atoms with Crippen molar-refractivity contribution in [3.8, 4) is 0 Å². The van der Waals surface area contributed by atoms with E-state index in [9.17, 15) is 0 Å². The Morgan fingerprint density at radius 1 is 1.08 bits per heavy atom. The predicted molar refractivity (Wildman–Crippen MR) is 106 cm³/mol. The van der Waals surface area contributed by atoms with Crippen LogP contribution in [0.3, 0.4) is 0 Å². The summed E-state index contributed by atoms with van der Waals surface area (Å²) in [6.07, 6.45) is 3.05. The molecule has 0 amide bonds. The molecule has 1 aliphatic rings. The van der Waals surface area contributed by atoms with E-state index in [-0.39, 0.29) is 0 Å². The normalized spacial score (nSPS) is 20.5. The third kappa shape index (κ3) is 3.33. The Balaban J connectivity index is 1.75. The van der Waals surface area contributed by atoms with Gasteiger partial charge in [-0.3, -0.25) is 4.68 Å². The second-order valence-electron chi connectivity index (χ2n) is 7.36. The molecule has 1 aliphatic heterocycles. The Hall–Kier alpha value is -2.34. The molecule has 4 rings (SSSR count). The highest BCUT2D eigenvalue weighted by Crippen LogP contribution is 2.29. The average Bonchev–Trinajstić information content (AvgIpc) is 2.97. The zero-order valence-electron chi connectivity index (χ0n) is 15.3. The van der Waals surface area contributed by atoms with Crippen LogP contribution in [0.4, 0.5) is 17.5 Å². The first-order chi connectivity index (χ1) is 12.5. The Morgan fingerprint density at radius 3 is 2.46 bits per heavy atom. The summed E-state index contributed by atoms with van der Waals surface area (Å²) in [6.45, 7) is 6.54. The SMILES string of the molecule is C[C@@H]1C[C@@H](C)CN(c2nc(Nc3ccc(Cl)cc3)c3cnn(C)c3n2)C1. The van der Waals surface area contributed by atoms with Gasteiger partial charge in [-0.15, -0.1) is 0 Å². The lowest BCUT2D eigenvalue weighted by molar-refractivity contribution is 0.354. The van der Waals surface area contributed by atoms with Gasteiger partial charge in [0.15, 0.2) is 5.65 Å². The Labute approximate surface area is 158 Å². The maximum Gasteiger partial charge on any atom is 0.229 e. The summed E-state index contributed by atoms with van der Waals surface area (Å²) in [5.41, 5.74) is 1.77. The van der Waals surface area contributed by atoms with Crippen LogP contribution in [0.25, 0.3) is 11.0 Å². The minimum Gasteiger partial charge on any atom is -0.340 e. The molecule has 1 saturated heterocycles. The van der Waals surface area contributed by atoms with Gasteiger partial charge in [-0.1, -0.05) is 25.4 Å². The van der Waals surface area contributed by atoms with E-state index in [4.69, 9.17) is 21.6 Å². The first-order valence-electron chi connectivity index (χ1n) is 8.97. The zero-order chi connectivity index (χ0) is 18.3. The maximum atomic E-state index is 5.99. The van der Waals surface area contributed by atoms with Crippen LogP contribution >= 0.6 is 11.6 Å². The van der Waals surface area contributed by atoms with Crippen LogP contribution in [-0.2, 0) is 7.05 Å². The van der Waals surface area contributed by atoms with Crippen LogP contribution in [0.1, 0.15) is 20.3 Å². The largest absolute Gasteiger partial charge is 0.340 e. The van der Waals surface area contributed by atoms with Gasteiger partial charge in [0.25, 0.3) is 0 Å². The number of piperidine rings is 1. The number of nitrogens with zero attached hydrogens (tertiary/aromatic N) is 5. The van der Waals surface area contributed by atoms with E-state index < -0.39 is 0 Å². The molecule has 0 aliphatic carbocycles. The van der Waals surface area contributed by atoms with E-state index in [0.29, 0.717) is 16.9 Å². The number of nitrogens with one attached hydrogen (secondary N) is 1. The van der Waals surface area contributed by atoms with Gasteiger partial charge in [0.05, 0.1) is 11.6 Å². The highest BCUT2D eigenvalue weighted by atomic mass is 35.5. The fraction of sp³-hybridized carbons (Fsp3) is 0.421. The topological polar surface area (TPSA) is 58.9 Å². The van der Waals surface area contributed by atoms with Gasteiger partial charge in [-0.05, 0) is 42.5 Å². The van der Waals surface area contributed by atoms with E-state index >= 15 is 0 Å². The number of halogens is 1.